The van der Waals surface area contributed by atoms with Crippen LogP contribution in [0.25, 0.3) is 0 Å². The summed E-state index contributed by atoms with van der Waals surface area (Å²) >= 11 is 0. The summed E-state index contributed by atoms with van der Waals surface area (Å²) in [6.07, 6.45) is 4.72. The molecule has 0 aromatic heterocycles. The maximum Gasteiger partial charge on any atom is 0.192 e. The normalized spacial score (nSPS) is 24.5. The zero-order valence-corrected chi connectivity index (χ0v) is 14.1. The monoisotopic (exact) mass is 280 g/mol. The summed E-state index contributed by atoms with van der Waals surface area (Å²) in [6.45, 7) is 15.9. The molecule has 0 N–H and O–H groups in total. The average molecular weight is 280 g/mol. The maximum absolute atomic E-state index is 6.47. The van der Waals surface area contributed by atoms with E-state index < -0.39 is 8.32 Å². The second-order valence-electron chi connectivity index (χ2n) is 6.66. The van der Waals surface area contributed by atoms with E-state index in [4.69, 9.17) is 9.16 Å². The second kappa shape index (κ2) is 6.74. The third kappa shape index (κ3) is 4.80. The molecule has 0 bridgehead atoms. The molecule has 0 amide bonds. The van der Waals surface area contributed by atoms with Crippen LogP contribution in [0.1, 0.15) is 40.0 Å². The van der Waals surface area contributed by atoms with E-state index in [-0.39, 0.29) is 17.2 Å². The molecule has 1 aliphatic rings. The molecule has 0 aromatic rings. The Morgan fingerprint density at radius 3 is 2.68 bits per heavy atom. The number of allylic oxidation sites excluding steroid dienone is 1. The van der Waals surface area contributed by atoms with Gasteiger partial charge in [-0.25, -0.2) is 0 Å². The lowest BCUT2D eigenvalue weighted by Gasteiger charge is -2.41. The van der Waals surface area contributed by atoms with Crippen molar-refractivity contribution in [3.05, 3.63) is 12.7 Å². The molecule has 0 saturated carbocycles. The van der Waals surface area contributed by atoms with Crippen molar-refractivity contribution < 1.29 is 9.16 Å². The third-order valence-electron chi connectivity index (χ3n) is 4.01. The minimum absolute atomic E-state index is 0.0668. The van der Waals surface area contributed by atoms with E-state index in [1.165, 1.54) is 0 Å². The minimum Gasteiger partial charge on any atom is -0.410 e. The smallest absolute Gasteiger partial charge is 0.192 e. The van der Waals surface area contributed by atoms with Crippen LogP contribution in [0, 0.1) is 11.8 Å². The van der Waals surface area contributed by atoms with Gasteiger partial charge in [0.25, 0.3) is 0 Å². The predicted octanol–water partition coefficient (Wildman–Crippen LogP) is 4.14. The van der Waals surface area contributed by atoms with Gasteiger partial charge >= 0.3 is 0 Å². The van der Waals surface area contributed by atoms with E-state index >= 15 is 0 Å². The van der Waals surface area contributed by atoms with Crippen LogP contribution in [0.2, 0.25) is 18.1 Å². The van der Waals surface area contributed by atoms with Crippen LogP contribution in [0.5, 0.6) is 0 Å². The Morgan fingerprint density at radius 2 is 2.11 bits per heavy atom. The molecule has 0 unspecified atom stereocenters. The SMILES string of the molecule is C=CCC#C[C@H]1OCCC[C@@H]1O[Si](C)(C)C(C)(C)C. The first-order chi connectivity index (χ1) is 8.78. The molecule has 108 valence electrons. The van der Waals surface area contributed by atoms with Crippen molar-refractivity contribution in [3.63, 3.8) is 0 Å². The fourth-order valence-corrected chi connectivity index (χ4v) is 3.15. The molecule has 0 spiro atoms. The van der Waals surface area contributed by atoms with Gasteiger partial charge in [-0.05, 0) is 31.0 Å². The van der Waals surface area contributed by atoms with Gasteiger partial charge in [-0.15, -0.1) is 6.58 Å². The summed E-state index contributed by atoms with van der Waals surface area (Å²) < 4.78 is 12.3. The lowest BCUT2D eigenvalue weighted by molar-refractivity contribution is -0.0371. The number of ether oxygens (including phenoxy) is 1. The minimum atomic E-state index is -1.75. The lowest BCUT2D eigenvalue weighted by Crippen LogP contribution is -2.48. The Morgan fingerprint density at radius 1 is 1.42 bits per heavy atom. The molecule has 2 atom stereocenters. The van der Waals surface area contributed by atoms with Gasteiger partial charge in [0.1, 0.15) is 6.10 Å². The van der Waals surface area contributed by atoms with Crippen LogP contribution >= 0.6 is 0 Å². The van der Waals surface area contributed by atoms with Gasteiger partial charge in [0, 0.05) is 13.0 Å². The molecule has 1 aliphatic heterocycles. The van der Waals surface area contributed by atoms with E-state index in [0.29, 0.717) is 6.42 Å². The third-order valence-corrected chi connectivity index (χ3v) is 8.52. The maximum atomic E-state index is 6.47. The van der Waals surface area contributed by atoms with Crippen LogP contribution < -0.4 is 0 Å². The van der Waals surface area contributed by atoms with Gasteiger partial charge in [0.05, 0.1) is 6.10 Å². The lowest BCUT2D eigenvalue weighted by atomic mass is 10.1. The molecule has 0 radical (unpaired) electrons. The molecular weight excluding hydrogens is 252 g/mol. The molecular formula is C16H28O2Si. The molecule has 1 saturated heterocycles. The van der Waals surface area contributed by atoms with Crippen LogP contribution in [0.3, 0.4) is 0 Å². The van der Waals surface area contributed by atoms with E-state index in [1.54, 1.807) is 0 Å². The van der Waals surface area contributed by atoms with Gasteiger partial charge in [-0.3, -0.25) is 0 Å². The molecule has 0 aliphatic carbocycles. The number of hydrogen-bond acceptors (Lipinski definition) is 2. The standard InChI is InChI=1S/C16H28O2Si/c1-7-8-9-11-14-15(12-10-13-17-14)18-19(5,6)16(2,3)4/h7,14-15H,1,8,10,12-13H2,2-6H3/t14-,15+/m1/s1. The van der Waals surface area contributed by atoms with Gasteiger partial charge < -0.3 is 9.16 Å². The van der Waals surface area contributed by atoms with Crippen molar-refractivity contribution in [2.45, 2.75) is 70.4 Å². The van der Waals surface area contributed by atoms with Gasteiger partial charge in [0.2, 0.25) is 0 Å². The van der Waals surface area contributed by atoms with Crippen LogP contribution in [0.15, 0.2) is 12.7 Å². The summed E-state index contributed by atoms with van der Waals surface area (Å²) in [5.41, 5.74) is 0. The highest BCUT2D eigenvalue weighted by Crippen LogP contribution is 2.38. The van der Waals surface area contributed by atoms with Gasteiger partial charge in [-0.2, -0.15) is 0 Å². The highest BCUT2D eigenvalue weighted by atomic mass is 28.4. The van der Waals surface area contributed by atoms with Crippen molar-refractivity contribution in [2.24, 2.45) is 0 Å². The molecule has 1 heterocycles. The van der Waals surface area contributed by atoms with Crippen LogP contribution in [-0.4, -0.2) is 27.1 Å². The van der Waals surface area contributed by atoms with Crippen molar-refractivity contribution in [1.82, 2.24) is 0 Å². The van der Waals surface area contributed by atoms with Gasteiger partial charge in [-0.1, -0.05) is 38.7 Å². The first-order valence-corrected chi connectivity index (χ1v) is 10.1. The molecule has 0 aromatic carbocycles. The van der Waals surface area contributed by atoms with Gasteiger partial charge in [0.15, 0.2) is 8.32 Å². The molecule has 2 nitrogen and oxygen atoms in total. The summed E-state index contributed by atoms with van der Waals surface area (Å²) in [6, 6.07) is 0. The second-order valence-corrected chi connectivity index (χ2v) is 11.4. The Kier molecular flexibility index (Phi) is 5.85. The molecule has 1 rings (SSSR count). The van der Waals surface area contributed by atoms with Crippen molar-refractivity contribution >= 4 is 8.32 Å². The first-order valence-electron chi connectivity index (χ1n) is 7.16. The molecule has 19 heavy (non-hydrogen) atoms. The summed E-state index contributed by atoms with van der Waals surface area (Å²) in [4.78, 5) is 0. The van der Waals surface area contributed by atoms with E-state index in [2.05, 4.69) is 52.3 Å². The topological polar surface area (TPSA) is 18.5 Å². The Hall–Kier alpha value is -0.563. The van der Waals surface area contributed by atoms with E-state index in [9.17, 15) is 0 Å². The average Bonchev–Trinajstić information content (AvgIpc) is 2.30. The Balaban J connectivity index is 2.73. The fourth-order valence-electron chi connectivity index (χ4n) is 1.80. The highest BCUT2D eigenvalue weighted by molar-refractivity contribution is 6.74. The molecule has 3 heteroatoms. The Bertz CT molecular complexity index is 357. The number of hydrogen-bond donors (Lipinski definition) is 0. The van der Waals surface area contributed by atoms with Crippen LogP contribution in [0.4, 0.5) is 0 Å². The fraction of sp³-hybridized carbons (Fsp3) is 0.750. The van der Waals surface area contributed by atoms with Crippen LogP contribution in [-0.2, 0) is 9.16 Å². The van der Waals surface area contributed by atoms with Crippen molar-refractivity contribution in [2.75, 3.05) is 6.61 Å². The van der Waals surface area contributed by atoms with Crippen molar-refractivity contribution in [3.8, 4) is 11.8 Å². The predicted molar refractivity (Wildman–Crippen MR) is 83.6 cm³/mol. The summed E-state index contributed by atoms with van der Waals surface area (Å²) in [5.74, 6) is 6.30. The van der Waals surface area contributed by atoms with E-state index in [0.717, 1.165) is 19.4 Å². The zero-order chi connectivity index (χ0) is 14.5. The zero-order valence-electron chi connectivity index (χ0n) is 13.1. The Labute approximate surface area is 119 Å². The largest absolute Gasteiger partial charge is 0.410 e. The number of rotatable bonds is 3. The van der Waals surface area contributed by atoms with Crippen molar-refractivity contribution in [1.29, 1.82) is 0 Å². The highest BCUT2D eigenvalue weighted by Gasteiger charge is 2.41. The quantitative estimate of drug-likeness (QED) is 0.439. The summed E-state index contributed by atoms with van der Waals surface area (Å²) in [5, 5.41) is 0.226. The molecule has 1 fully saturated rings. The summed E-state index contributed by atoms with van der Waals surface area (Å²) in [7, 11) is -1.75. The first kappa shape index (κ1) is 16.5. The van der Waals surface area contributed by atoms with E-state index in [1.807, 2.05) is 6.08 Å².